The van der Waals surface area contributed by atoms with Crippen LogP contribution in [-0.2, 0) is 13.1 Å². The van der Waals surface area contributed by atoms with E-state index in [0.29, 0.717) is 5.92 Å². The monoisotopic (exact) mass is 377 g/mol. The second-order valence-electron chi connectivity index (χ2n) is 8.79. The Hall–Kier alpha value is -0.790. The quantitative estimate of drug-likeness (QED) is 0.182. The van der Waals surface area contributed by atoms with Crippen molar-refractivity contribution in [1.82, 2.24) is 4.57 Å². The van der Waals surface area contributed by atoms with Gasteiger partial charge in [-0.3, -0.25) is 0 Å². The molecule has 1 heterocycles. The topological polar surface area (TPSA) is 8.81 Å². The minimum Gasteiger partial charge on any atom is -0.234 e. The lowest BCUT2D eigenvalue weighted by Crippen LogP contribution is -2.38. The summed E-state index contributed by atoms with van der Waals surface area (Å²) in [5.41, 5.74) is 0. The van der Waals surface area contributed by atoms with Crippen LogP contribution < -0.4 is 4.57 Å². The fourth-order valence-corrected chi connectivity index (χ4v) is 4.18. The van der Waals surface area contributed by atoms with Crippen LogP contribution in [0, 0.1) is 0 Å². The van der Waals surface area contributed by atoms with Crippen molar-refractivity contribution in [2.75, 3.05) is 0 Å². The van der Waals surface area contributed by atoms with Gasteiger partial charge in [0.05, 0.1) is 19.0 Å². The summed E-state index contributed by atoms with van der Waals surface area (Å²) in [6.07, 6.45) is 25.6. The van der Waals surface area contributed by atoms with Gasteiger partial charge in [0.2, 0.25) is 0 Å². The van der Waals surface area contributed by atoms with Gasteiger partial charge in [-0.1, -0.05) is 98.3 Å². The van der Waals surface area contributed by atoms with Crippen LogP contribution in [0.4, 0.5) is 0 Å². The first kappa shape index (κ1) is 24.2. The van der Waals surface area contributed by atoms with E-state index in [4.69, 9.17) is 0 Å². The summed E-state index contributed by atoms with van der Waals surface area (Å²) in [5, 5.41) is 0. The van der Waals surface area contributed by atoms with Gasteiger partial charge in [-0.15, -0.1) is 0 Å². The van der Waals surface area contributed by atoms with E-state index in [2.05, 4.69) is 49.2 Å². The summed E-state index contributed by atoms with van der Waals surface area (Å²) >= 11 is 0. The molecule has 0 aliphatic heterocycles. The molecule has 0 amide bonds. The van der Waals surface area contributed by atoms with E-state index < -0.39 is 0 Å². The van der Waals surface area contributed by atoms with Gasteiger partial charge in [0.15, 0.2) is 0 Å². The fourth-order valence-electron chi connectivity index (χ4n) is 4.18. The van der Waals surface area contributed by atoms with Crippen molar-refractivity contribution in [3.63, 3.8) is 0 Å². The molecule has 0 spiro atoms. The summed E-state index contributed by atoms with van der Waals surface area (Å²) in [6, 6.07) is 0. The number of aryl methyl sites for hydroxylation is 2. The summed E-state index contributed by atoms with van der Waals surface area (Å²) in [7, 11) is 0. The Balaban J connectivity index is 2.25. The zero-order valence-electron chi connectivity index (χ0n) is 19.1. The highest BCUT2D eigenvalue weighted by atomic mass is 15.1. The average Bonchev–Trinajstić information content (AvgIpc) is 3.06. The van der Waals surface area contributed by atoms with Crippen molar-refractivity contribution in [3.05, 3.63) is 18.2 Å². The second kappa shape index (κ2) is 16.2. The zero-order chi connectivity index (χ0) is 19.7. The molecule has 2 nitrogen and oxygen atoms in total. The standard InChI is InChI=1S/C25H49N2/c1-5-7-9-11-13-14-15-17-19-21-27-23-22-26(25(27)24(3)4)20-18-16-12-10-8-6-2/h22-24H,5-21H2,1-4H3/q+1. The molecule has 1 rings (SSSR count). The SMILES string of the molecule is CCCCCCCCCCC[n+]1ccn(CCCCCCCC)c1C(C)C. The zero-order valence-corrected chi connectivity index (χ0v) is 19.1. The highest BCUT2D eigenvalue weighted by Gasteiger charge is 2.19. The van der Waals surface area contributed by atoms with E-state index in [9.17, 15) is 0 Å². The summed E-state index contributed by atoms with van der Waals surface area (Å²) in [4.78, 5) is 0. The molecule has 0 saturated heterocycles. The van der Waals surface area contributed by atoms with E-state index in [1.54, 1.807) is 0 Å². The molecule has 0 bridgehead atoms. The first-order valence-corrected chi connectivity index (χ1v) is 12.3. The Morgan fingerprint density at radius 1 is 0.704 bits per heavy atom. The van der Waals surface area contributed by atoms with E-state index in [-0.39, 0.29) is 0 Å². The van der Waals surface area contributed by atoms with Crippen molar-refractivity contribution in [3.8, 4) is 0 Å². The van der Waals surface area contributed by atoms with Crippen LogP contribution in [-0.4, -0.2) is 4.57 Å². The lowest BCUT2D eigenvalue weighted by atomic mass is 10.1. The molecule has 2 heteroatoms. The Kier molecular flexibility index (Phi) is 14.5. The van der Waals surface area contributed by atoms with Gasteiger partial charge in [-0.05, 0) is 25.7 Å². The lowest BCUT2D eigenvalue weighted by Gasteiger charge is -2.08. The van der Waals surface area contributed by atoms with Crippen LogP contribution in [0.5, 0.6) is 0 Å². The fraction of sp³-hybridized carbons (Fsp3) is 0.880. The number of unbranched alkanes of at least 4 members (excludes halogenated alkanes) is 13. The highest BCUT2D eigenvalue weighted by Crippen LogP contribution is 2.14. The lowest BCUT2D eigenvalue weighted by molar-refractivity contribution is -0.705. The molecule has 0 fully saturated rings. The molecule has 0 aliphatic carbocycles. The van der Waals surface area contributed by atoms with Gasteiger partial charge in [-0.2, -0.15) is 0 Å². The number of rotatable bonds is 18. The third-order valence-corrected chi connectivity index (χ3v) is 5.79. The second-order valence-corrected chi connectivity index (χ2v) is 8.79. The number of nitrogens with zero attached hydrogens (tertiary/aromatic N) is 2. The molecule has 27 heavy (non-hydrogen) atoms. The van der Waals surface area contributed by atoms with Crippen molar-refractivity contribution in [2.24, 2.45) is 0 Å². The maximum absolute atomic E-state index is 2.53. The normalized spacial score (nSPS) is 11.6. The van der Waals surface area contributed by atoms with Crippen LogP contribution in [0.15, 0.2) is 12.4 Å². The van der Waals surface area contributed by atoms with Gasteiger partial charge >= 0.3 is 0 Å². The van der Waals surface area contributed by atoms with Crippen LogP contribution in [0.2, 0.25) is 0 Å². The molecule has 1 aromatic rings. The molecule has 0 aromatic carbocycles. The van der Waals surface area contributed by atoms with E-state index in [0.717, 1.165) is 0 Å². The Morgan fingerprint density at radius 2 is 1.19 bits per heavy atom. The minimum absolute atomic E-state index is 0.610. The average molecular weight is 378 g/mol. The molecular formula is C25H49N2+. The van der Waals surface area contributed by atoms with E-state index in [1.165, 1.54) is 115 Å². The van der Waals surface area contributed by atoms with Gasteiger partial charge in [-0.25, -0.2) is 9.13 Å². The van der Waals surface area contributed by atoms with Crippen molar-refractivity contribution < 1.29 is 4.57 Å². The summed E-state index contributed by atoms with van der Waals surface area (Å²) in [6.45, 7) is 11.7. The minimum atomic E-state index is 0.610. The molecule has 0 N–H and O–H groups in total. The summed E-state index contributed by atoms with van der Waals surface area (Å²) in [5.74, 6) is 2.14. The molecule has 0 radical (unpaired) electrons. The Labute approximate surface area is 170 Å². The first-order valence-electron chi connectivity index (χ1n) is 12.3. The van der Waals surface area contributed by atoms with Crippen molar-refractivity contribution >= 4 is 0 Å². The van der Waals surface area contributed by atoms with E-state index in [1.807, 2.05) is 0 Å². The Bertz CT molecular complexity index is 447. The third-order valence-electron chi connectivity index (χ3n) is 5.79. The Morgan fingerprint density at radius 3 is 1.70 bits per heavy atom. The van der Waals surface area contributed by atoms with Crippen molar-refractivity contribution in [2.45, 2.75) is 143 Å². The van der Waals surface area contributed by atoms with Gasteiger partial charge in [0, 0.05) is 0 Å². The molecule has 0 atom stereocenters. The molecule has 0 unspecified atom stereocenters. The number of aromatic nitrogens is 2. The maximum atomic E-state index is 2.53. The number of hydrogen-bond acceptors (Lipinski definition) is 0. The summed E-state index contributed by atoms with van der Waals surface area (Å²) < 4.78 is 5.06. The smallest absolute Gasteiger partial charge is 0.234 e. The van der Waals surface area contributed by atoms with E-state index >= 15 is 0 Å². The van der Waals surface area contributed by atoms with Gasteiger partial charge in [0.25, 0.3) is 5.82 Å². The molecule has 0 aliphatic rings. The molecular weight excluding hydrogens is 328 g/mol. The molecule has 1 aromatic heterocycles. The van der Waals surface area contributed by atoms with Crippen molar-refractivity contribution in [1.29, 1.82) is 0 Å². The van der Waals surface area contributed by atoms with Crippen LogP contribution in [0.3, 0.4) is 0 Å². The predicted molar refractivity (Wildman–Crippen MR) is 119 cm³/mol. The maximum Gasteiger partial charge on any atom is 0.258 e. The van der Waals surface area contributed by atoms with Gasteiger partial charge < -0.3 is 0 Å². The highest BCUT2D eigenvalue weighted by molar-refractivity contribution is 4.89. The third kappa shape index (κ3) is 11.0. The van der Waals surface area contributed by atoms with Gasteiger partial charge in [0.1, 0.15) is 12.4 Å². The number of hydrogen-bond donors (Lipinski definition) is 0. The van der Waals surface area contributed by atoms with Crippen LogP contribution >= 0.6 is 0 Å². The first-order chi connectivity index (χ1) is 13.2. The largest absolute Gasteiger partial charge is 0.258 e. The van der Waals surface area contributed by atoms with Crippen LogP contribution in [0.25, 0.3) is 0 Å². The van der Waals surface area contributed by atoms with Crippen LogP contribution in [0.1, 0.15) is 136 Å². The molecule has 158 valence electrons. The number of imidazole rings is 1. The predicted octanol–water partition coefficient (Wildman–Crippen LogP) is 7.79. The molecule has 0 saturated carbocycles.